The molecule has 0 saturated carbocycles. The monoisotopic (exact) mass is 361 g/mol. The lowest BCUT2D eigenvalue weighted by atomic mass is 10.0. The topological polar surface area (TPSA) is 46.2 Å². The predicted molar refractivity (Wildman–Crippen MR) is 105 cm³/mol. The number of carbonyl (C=O) groups excluding carboxylic acids is 2. The molecule has 0 aliphatic heterocycles. The van der Waals surface area contributed by atoms with E-state index in [1.165, 1.54) is 6.08 Å². The quantitative estimate of drug-likeness (QED) is 0.500. The Morgan fingerprint density at radius 2 is 1.38 bits per heavy atom. The van der Waals surface area contributed by atoms with Gasteiger partial charge in [0, 0.05) is 27.9 Å². The lowest BCUT2D eigenvalue weighted by Gasteiger charge is -2.05. The molecule has 0 aromatic heterocycles. The molecule has 0 saturated heterocycles. The summed E-state index contributed by atoms with van der Waals surface area (Å²) >= 11 is 5.83. The fourth-order valence-corrected chi connectivity index (χ4v) is 2.52. The molecule has 128 valence electrons. The first kappa shape index (κ1) is 17.6. The number of amides is 1. The van der Waals surface area contributed by atoms with E-state index >= 15 is 0 Å². The van der Waals surface area contributed by atoms with E-state index in [1.807, 2.05) is 30.3 Å². The summed E-state index contributed by atoms with van der Waals surface area (Å²) in [5.74, 6) is -0.298. The number of hydrogen-bond acceptors (Lipinski definition) is 2. The van der Waals surface area contributed by atoms with E-state index in [-0.39, 0.29) is 11.7 Å². The highest BCUT2D eigenvalue weighted by molar-refractivity contribution is 6.30. The summed E-state index contributed by atoms with van der Waals surface area (Å²) in [6.07, 6.45) is 3.16. The average Bonchev–Trinajstić information content (AvgIpc) is 2.68. The molecule has 3 aromatic rings. The van der Waals surface area contributed by atoms with Crippen LogP contribution < -0.4 is 5.32 Å². The standard InChI is InChI=1S/C22H16ClNO2/c23-19-11-6-16(7-12-19)8-15-21(25)24-20-13-9-18(10-14-20)22(26)17-4-2-1-3-5-17/h1-15H,(H,24,25). The number of anilines is 1. The highest BCUT2D eigenvalue weighted by atomic mass is 35.5. The van der Waals surface area contributed by atoms with Gasteiger partial charge in [0.05, 0.1) is 0 Å². The molecule has 0 heterocycles. The van der Waals surface area contributed by atoms with Crippen molar-refractivity contribution in [2.24, 2.45) is 0 Å². The molecule has 0 bridgehead atoms. The van der Waals surface area contributed by atoms with Gasteiger partial charge in [-0.15, -0.1) is 0 Å². The van der Waals surface area contributed by atoms with Crippen molar-refractivity contribution in [3.8, 4) is 0 Å². The van der Waals surface area contributed by atoms with Crippen LogP contribution in [0.2, 0.25) is 5.02 Å². The van der Waals surface area contributed by atoms with Crippen LogP contribution in [0, 0.1) is 0 Å². The Morgan fingerprint density at radius 3 is 2.04 bits per heavy atom. The van der Waals surface area contributed by atoms with Crippen molar-refractivity contribution in [2.75, 3.05) is 5.32 Å². The van der Waals surface area contributed by atoms with Crippen LogP contribution in [0.1, 0.15) is 21.5 Å². The summed E-state index contributed by atoms with van der Waals surface area (Å²) in [6.45, 7) is 0. The lowest BCUT2D eigenvalue weighted by molar-refractivity contribution is -0.111. The van der Waals surface area contributed by atoms with Gasteiger partial charge >= 0.3 is 0 Å². The first-order chi connectivity index (χ1) is 12.6. The highest BCUT2D eigenvalue weighted by Crippen LogP contribution is 2.14. The molecule has 0 aliphatic carbocycles. The minimum absolute atomic E-state index is 0.0499. The van der Waals surface area contributed by atoms with E-state index in [0.717, 1.165) is 5.56 Å². The molecule has 0 atom stereocenters. The van der Waals surface area contributed by atoms with Crippen LogP contribution >= 0.6 is 11.6 Å². The number of halogens is 1. The summed E-state index contributed by atoms with van der Waals surface area (Å²) in [5.41, 5.74) is 2.72. The fraction of sp³-hybridized carbons (Fsp3) is 0. The van der Waals surface area contributed by atoms with Gasteiger partial charge < -0.3 is 5.32 Å². The molecule has 0 fully saturated rings. The van der Waals surface area contributed by atoms with Gasteiger partial charge in [-0.05, 0) is 48.0 Å². The second-order valence-electron chi connectivity index (χ2n) is 5.65. The molecular formula is C22H16ClNO2. The molecule has 1 N–H and O–H groups in total. The molecule has 0 unspecified atom stereocenters. The van der Waals surface area contributed by atoms with E-state index in [1.54, 1.807) is 54.6 Å². The van der Waals surface area contributed by atoms with Crippen molar-refractivity contribution in [3.05, 3.63) is 107 Å². The molecule has 3 aromatic carbocycles. The largest absolute Gasteiger partial charge is 0.323 e. The molecule has 3 rings (SSSR count). The number of ketones is 1. The Hall–Kier alpha value is -3.17. The molecule has 0 radical (unpaired) electrons. The van der Waals surface area contributed by atoms with Crippen molar-refractivity contribution in [2.45, 2.75) is 0 Å². The maximum Gasteiger partial charge on any atom is 0.248 e. The van der Waals surface area contributed by atoms with Gasteiger partial charge in [0.25, 0.3) is 0 Å². The van der Waals surface area contributed by atoms with Crippen LogP contribution in [0.4, 0.5) is 5.69 Å². The van der Waals surface area contributed by atoms with E-state index in [9.17, 15) is 9.59 Å². The van der Waals surface area contributed by atoms with Crippen molar-refractivity contribution >= 4 is 35.1 Å². The van der Waals surface area contributed by atoms with Crippen molar-refractivity contribution < 1.29 is 9.59 Å². The third kappa shape index (κ3) is 4.68. The van der Waals surface area contributed by atoms with Crippen LogP contribution in [-0.2, 0) is 4.79 Å². The number of benzene rings is 3. The zero-order valence-electron chi connectivity index (χ0n) is 13.9. The van der Waals surface area contributed by atoms with E-state index in [2.05, 4.69) is 5.32 Å². The molecular weight excluding hydrogens is 346 g/mol. The summed E-state index contributed by atoms with van der Waals surface area (Å²) < 4.78 is 0. The molecule has 0 spiro atoms. The zero-order valence-corrected chi connectivity index (χ0v) is 14.6. The molecule has 0 aliphatic rings. The van der Waals surface area contributed by atoms with Gasteiger partial charge in [0.1, 0.15) is 0 Å². The Bertz CT molecular complexity index is 930. The predicted octanol–water partition coefficient (Wildman–Crippen LogP) is 5.22. The molecule has 1 amide bonds. The zero-order chi connectivity index (χ0) is 18.4. The fourth-order valence-electron chi connectivity index (χ4n) is 2.39. The van der Waals surface area contributed by atoms with Gasteiger partial charge in [-0.3, -0.25) is 9.59 Å². The first-order valence-corrected chi connectivity index (χ1v) is 8.44. The molecule has 3 nitrogen and oxygen atoms in total. The SMILES string of the molecule is O=C(C=Cc1ccc(Cl)cc1)Nc1ccc(C(=O)c2ccccc2)cc1. The van der Waals surface area contributed by atoms with Crippen molar-refractivity contribution in [3.63, 3.8) is 0 Å². The second kappa shape index (κ2) is 8.28. The Labute approximate surface area is 156 Å². The van der Waals surface area contributed by atoms with Crippen LogP contribution in [0.25, 0.3) is 6.08 Å². The van der Waals surface area contributed by atoms with Gasteiger partial charge in [-0.25, -0.2) is 0 Å². The normalized spacial score (nSPS) is 10.7. The third-order valence-electron chi connectivity index (χ3n) is 3.75. The molecule has 26 heavy (non-hydrogen) atoms. The Morgan fingerprint density at radius 1 is 0.769 bits per heavy atom. The van der Waals surface area contributed by atoms with Crippen LogP contribution in [0.15, 0.2) is 84.9 Å². The number of hydrogen-bond donors (Lipinski definition) is 1. The van der Waals surface area contributed by atoms with E-state index in [4.69, 9.17) is 11.6 Å². The van der Waals surface area contributed by atoms with Gasteiger partial charge in [-0.1, -0.05) is 54.1 Å². The first-order valence-electron chi connectivity index (χ1n) is 8.06. The summed E-state index contributed by atoms with van der Waals surface area (Å²) in [4.78, 5) is 24.4. The average molecular weight is 362 g/mol. The van der Waals surface area contributed by atoms with Crippen molar-refractivity contribution in [1.82, 2.24) is 0 Å². The van der Waals surface area contributed by atoms with Crippen LogP contribution in [0.5, 0.6) is 0 Å². The van der Waals surface area contributed by atoms with Gasteiger partial charge in [0.2, 0.25) is 5.91 Å². The number of nitrogens with one attached hydrogen (secondary N) is 1. The summed E-state index contributed by atoms with van der Waals surface area (Å²) in [7, 11) is 0. The number of carbonyl (C=O) groups is 2. The van der Waals surface area contributed by atoms with Crippen LogP contribution in [-0.4, -0.2) is 11.7 Å². The Kier molecular flexibility index (Phi) is 5.62. The maximum atomic E-state index is 12.4. The lowest BCUT2D eigenvalue weighted by Crippen LogP contribution is -2.08. The summed E-state index contributed by atoms with van der Waals surface area (Å²) in [6, 6.07) is 23.1. The summed E-state index contributed by atoms with van der Waals surface area (Å²) in [5, 5.41) is 3.42. The van der Waals surface area contributed by atoms with E-state index in [0.29, 0.717) is 21.8 Å². The highest BCUT2D eigenvalue weighted by Gasteiger charge is 2.08. The smallest absolute Gasteiger partial charge is 0.248 e. The number of rotatable bonds is 5. The van der Waals surface area contributed by atoms with Crippen LogP contribution in [0.3, 0.4) is 0 Å². The second-order valence-corrected chi connectivity index (χ2v) is 6.08. The third-order valence-corrected chi connectivity index (χ3v) is 4.00. The molecule has 4 heteroatoms. The van der Waals surface area contributed by atoms with Crippen molar-refractivity contribution in [1.29, 1.82) is 0 Å². The van der Waals surface area contributed by atoms with E-state index < -0.39 is 0 Å². The maximum absolute atomic E-state index is 12.4. The van der Waals surface area contributed by atoms with Gasteiger partial charge in [-0.2, -0.15) is 0 Å². The van der Waals surface area contributed by atoms with Gasteiger partial charge in [0.15, 0.2) is 5.78 Å². The minimum atomic E-state index is -0.248. The minimum Gasteiger partial charge on any atom is -0.323 e. The Balaban J connectivity index is 1.62.